The van der Waals surface area contributed by atoms with Crippen LogP contribution >= 0.6 is 0 Å². The average Bonchev–Trinajstić information content (AvgIpc) is 2.23. The van der Waals surface area contributed by atoms with E-state index in [1.807, 2.05) is 6.07 Å². The number of halogens is 1. The summed E-state index contributed by atoms with van der Waals surface area (Å²) in [7, 11) is 0. The fourth-order valence-electron chi connectivity index (χ4n) is 1.99. The monoisotopic (exact) mass is 190 g/mol. The van der Waals surface area contributed by atoms with Gasteiger partial charge in [0.2, 0.25) is 0 Å². The van der Waals surface area contributed by atoms with E-state index in [2.05, 4.69) is 24.3 Å². The van der Waals surface area contributed by atoms with Crippen molar-refractivity contribution in [3.05, 3.63) is 47.8 Å². The largest absolute Gasteiger partial charge is 0.212 e. The Morgan fingerprint density at radius 1 is 1.21 bits per heavy atom. The van der Waals surface area contributed by atoms with Gasteiger partial charge in [-0.05, 0) is 37.2 Å². The van der Waals surface area contributed by atoms with Gasteiger partial charge in [-0.3, -0.25) is 0 Å². The molecule has 0 radical (unpaired) electrons. The molecule has 1 atom stereocenters. The first-order valence-electron chi connectivity index (χ1n) is 5.23. The van der Waals surface area contributed by atoms with Crippen molar-refractivity contribution in [1.82, 2.24) is 0 Å². The first-order chi connectivity index (χ1) is 6.84. The Balaban J connectivity index is 1.93. The highest BCUT2D eigenvalue weighted by Gasteiger charge is 2.14. The molecule has 1 unspecified atom stereocenters. The number of benzene rings is 1. The van der Waals surface area contributed by atoms with Crippen molar-refractivity contribution >= 4 is 0 Å². The minimum absolute atomic E-state index is 0.0781. The van der Waals surface area contributed by atoms with E-state index >= 15 is 0 Å². The van der Waals surface area contributed by atoms with E-state index in [-0.39, 0.29) is 5.83 Å². The number of rotatable bonds is 2. The highest BCUT2D eigenvalue weighted by atomic mass is 19.1. The minimum Gasteiger partial charge on any atom is -0.212 e. The maximum Gasteiger partial charge on any atom is 0.0960 e. The lowest BCUT2D eigenvalue weighted by Crippen LogP contribution is -2.07. The van der Waals surface area contributed by atoms with E-state index in [1.54, 1.807) is 6.08 Å². The van der Waals surface area contributed by atoms with Gasteiger partial charge in [0.15, 0.2) is 0 Å². The van der Waals surface area contributed by atoms with Crippen LogP contribution in [-0.2, 0) is 6.42 Å². The van der Waals surface area contributed by atoms with Crippen molar-refractivity contribution in [1.29, 1.82) is 0 Å². The maximum atomic E-state index is 12.8. The maximum absolute atomic E-state index is 12.8. The van der Waals surface area contributed by atoms with Crippen molar-refractivity contribution in [3.63, 3.8) is 0 Å². The average molecular weight is 190 g/mol. The van der Waals surface area contributed by atoms with E-state index in [1.165, 1.54) is 5.56 Å². The molecule has 0 saturated carbocycles. The Labute approximate surface area is 84.5 Å². The summed E-state index contributed by atoms with van der Waals surface area (Å²) in [4.78, 5) is 0. The summed E-state index contributed by atoms with van der Waals surface area (Å²) < 4.78 is 12.8. The van der Waals surface area contributed by atoms with Crippen LogP contribution in [0.15, 0.2) is 42.2 Å². The second-order valence-electron chi connectivity index (χ2n) is 3.98. The van der Waals surface area contributed by atoms with Crippen LogP contribution in [0.3, 0.4) is 0 Å². The Bertz CT molecular complexity index is 313. The van der Waals surface area contributed by atoms with Crippen LogP contribution in [0.2, 0.25) is 0 Å². The molecule has 1 aromatic carbocycles. The van der Waals surface area contributed by atoms with Gasteiger partial charge >= 0.3 is 0 Å². The summed E-state index contributed by atoms with van der Waals surface area (Å²) >= 11 is 0. The smallest absolute Gasteiger partial charge is 0.0960 e. The molecule has 14 heavy (non-hydrogen) atoms. The van der Waals surface area contributed by atoms with E-state index in [0.29, 0.717) is 12.3 Å². The van der Waals surface area contributed by atoms with Gasteiger partial charge in [0.25, 0.3) is 0 Å². The quantitative estimate of drug-likeness (QED) is 0.663. The molecule has 1 heteroatoms. The highest BCUT2D eigenvalue weighted by Crippen LogP contribution is 2.26. The second kappa shape index (κ2) is 4.41. The molecule has 0 bridgehead atoms. The van der Waals surface area contributed by atoms with Gasteiger partial charge in [-0.15, -0.1) is 0 Å². The van der Waals surface area contributed by atoms with Gasteiger partial charge in [-0.2, -0.15) is 0 Å². The normalized spacial score (nSPS) is 21.8. The Morgan fingerprint density at radius 3 is 2.64 bits per heavy atom. The fourth-order valence-corrected chi connectivity index (χ4v) is 1.99. The lowest BCUT2D eigenvalue weighted by molar-refractivity contribution is 0.422. The molecule has 0 aromatic heterocycles. The van der Waals surface area contributed by atoms with E-state index in [9.17, 15) is 4.39 Å². The summed E-state index contributed by atoms with van der Waals surface area (Å²) in [6.07, 6.45) is 5.37. The molecule has 74 valence electrons. The molecule has 0 aliphatic heterocycles. The SMILES string of the molecule is FC1=CCC(Cc2ccccc2)CC1. The Hall–Kier alpha value is -1.11. The Morgan fingerprint density at radius 2 is 2.00 bits per heavy atom. The predicted molar refractivity (Wildman–Crippen MR) is 56.7 cm³/mol. The fraction of sp³-hybridized carbons (Fsp3) is 0.385. The van der Waals surface area contributed by atoms with Crippen LogP contribution in [0.5, 0.6) is 0 Å². The molecule has 1 aromatic rings. The third-order valence-electron chi connectivity index (χ3n) is 2.83. The summed E-state index contributed by atoms with van der Waals surface area (Å²) in [5.41, 5.74) is 1.37. The predicted octanol–water partition coefficient (Wildman–Crippen LogP) is 3.88. The zero-order valence-electron chi connectivity index (χ0n) is 8.25. The van der Waals surface area contributed by atoms with Gasteiger partial charge in [0, 0.05) is 0 Å². The molecule has 1 aliphatic rings. The van der Waals surface area contributed by atoms with Crippen LogP contribution in [0.25, 0.3) is 0 Å². The molecular formula is C13H15F. The summed E-state index contributed by atoms with van der Waals surface area (Å²) in [5.74, 6) is 0.714. The van der Waals surface area contributed by atoms with Crippen LogP contribution in [0, 0.1) is 5.92 Å². The standard InChI is InChI=1S/C13H15F/c14-13-8-6-12(7-9-13)10-11-4-2-1-3-5-11/h1-5,8,12H,6-7,9-10H2. The highest BCUT2D eigenvalue weighted by molar-refractivity contribution is 5.16. The van der Waals surface area contributed by atoms with Crippen molar-refractivity contribution in [2.75, 3.05) is 0 Å². The number of allylic oxidation sites excluding steroid dienone is 2. The first kappa shape index (κ1) is 9.45. The third-order valence-corrected chi connectivity index (χ3v) is 2.83. The number of hydrogen-bond acceptors (Lipinski definition) is 0. The second-order valence-corrected chi connectivity index (χ2v) is 3.98. The molecule has 0 amide bonds. The number of hydrogen-bond donors (Lipinski definition) is 0. The van der Waals surface area contributed by atoms with Gasteiger partial charge < -0.3 is 0 Å². The van der Waals surface area contributed by atoms with Gasteiger partial charge in [0.05, 0.1) is 5.83 Å². The zero-order chi connectivity index (χ0) is 9.80. The molecule has 0 nitrogen and oxygen atoms in total. The summed E-state index contributed by atoms with van der Waals surface area (Å²) in [6, 6.07) is 10.5. The van der Waals surface area contributed by atoms with Crippen molar-refractivity contribution < 1.29 is 4.39 Å². The van der Waals surface area contributed by atoms with Crippen LogP contribution < -0.4 is 0 Å². The van der Waals surface area contributed by atoms with Crippen molar-refractivity contribution in [3.8, 4) is 0 Å². The van der Waals surface area contributed by atoms with Crippen LogP contribution in [-0.4, -0.2) is 0 Å². The molecule has 2 rings (SSSR count). The molecule has 0 saturated heterocycles. The van der Waals surface area contributed by atoms with Crippen molar-refractivity contribution in [2.45, 2.75) is 25.7 Å². The summed E-state index contributed by atoms with van der Waals surface area (Å²) in [6.45, 7) is 0. The first-order valence-corrected chi connectivity index (χ1v) is 5.23. The van der Waals surface area contributed by atoms with Crippen molar-refractivity contribution in [2.24, 2.45) is 5.92 Å². The molecule has 1 aliphatic carbocycles. The van der Waals surface area contributed by atoms with Gasteiger partial charge in [-0.1, -0.05) is 36.4 Å². The van der Waals surface area contributed by atoms with E-state index in [4.69, 9.17) is 0 Å². The molecular weight excluding hydrogens is 175 g/mol. The molecule has 0 fully saturated rings. The summed E-state index contributed by atoms with van der Waals surface area (Å²) in [5, 5.41) is 0. The van der Waals surface area contributed by atoms with E-state index in [0.717, 1.165) is 19.3 Å². The lowest BCUT2D eigenvalue weighted by Gasteiger charge is -2.18. The zero-order valence-corrected chi connectivity index (χ0v) is 8.25. The third kappa shape index (κ3) is 2.44. The molecule has 0 spiro atoms. The Kier molecular flexibility index (Phi) is 2.97. The van der Waals surface area contributed by atoms with Gasteiger partial charge in [-0.25, -0.2) is 4.39 Å². The van der Waals surface area contributed by atoms with Crippen LogP contribution in [0.4, 0.5) is 4.39 Å². The van der Waals surface area contributed by atoms with E-state index < -0.39 is 0 Å². The topological polar surface area (TPSA) is 0 Å². The molecule has 0 heterocycles. The lowest BCUT2D eigenvalue weighted by atomic mass is 9.88. The minimum atomic E-state index is 0.0781. The van der Waals surface area contributed by atoms with Crippen LogP contribution in [0.1, 0.15) is 24.8 Å². The molecule has 0 N–H and O–H groups in total. The van der Waals surface area contributed by atoms with Gasteiger partial charge in [0.1, 0.15) is 0 Å².